The van der Waals surface area contributed by atoms with Gasteiger partial charge in [-0.15, -0.1) is 11.3 Å². The third-order valence-corrected chi connectivity index (χ3v) is 4.94. The van der Waals surface area contributed by atoms with E-state index < -0.39 is 0 Å². The van der Waals surface area contributed by atoms with E-state index in [2.05, 4.69) is 35.4 Å². The van der Waals surface area contributed by atoms with E-state index >= 15 is 0 Å². The number of carbonyl (C=O) groups is 1. The van der Waals surface area contributed by atoms with Gasteiger partial charge in [-0.2, -0.15) is 0 Å². The van der Waals surface area contributed by atoms with Crippen molar-refractivity contribution in [2.45, 2.75) is 39.3 Å². The van der Waals surface area contributed by atoms with Crippen molar-refractivity contribution in [2.24, 2.45) is 5.92 Å². The Kier molecular flexibility index (Phi) is 6.67. The number of nitrogens with one attached hydrogen (secondary N) is 2. The van der Waals surface area contributed by atoms with Crippen molar-refractivity contribution in [1.29, 1.82) is 0 Å². The van der Waals surface area contributed by atoms with Gasteiger partial charge in [0, 0.05) is 17.5 Å². The van der Waals surface area contributed by atoms with Crippen LogP contribution in [0.25, 0.3) is 0 Å². The van der Waals surface area contributed by atoms with Crippen molar-refractivity contribution in [1.82, 2.24) is 15.5 Å². The van der Waals surface area contributed by atoms with Gasteiger partial charge in [0.2, 0.25) is 5.91 Å². The normalized spacial score (nSPS) is 16.6. The maximum atomic E-state index is 12.1. The second-order valence-corrected chi connectivity index (χ2v) is 7.10. The lowest BCUT2D eigenvalue weighted by atomic mass is 9.97. The number of carbonyl (C=O) groups excluding carboxylic acids is 1. The second kappa shape index (κ2) is 8.51. The lowest BCUT2D eigenvalue weighted by molar-refractivity contribution is -0.123. The molecule has 0 unspecified atom stereocenters. The second-order valence-electron chi connectivity index (χ2n) is 6.07. The number of thiophene rings is 1. The Morgan fingerprint density at radius 1 is 1.48 bits per heavy atom. The summed E-state index contributed by atoms with van der Waals surface area (Å²) in [5.41, 5.74) is 0. The van der Waals surface area contributed by atoms with E-state index in [9.17, 15) is 4.79 Å². The molecule has 0 bridgehead atoms. The third kappa shape index (κ3) is 5.77. The summed E-state index contributed by atoms with van der Waals surface area (Å²) in [6.07, 6.45) is 2.44. The van der Waals surface area contributed by atoms with Crippen molar-refractivity contribution in [3.8, 4) is 0 Å². The van der Waals surface area contributed by atoms with E-state index in [0.717, 1.165) is 25.6 Å². The van der Waals surface area contributed by atoms with Crippen molar-refractivity contribution >= 4 is 17.2 Å². The maximum Gasteiger partial charge on any atom is 0.234 e. The Labute approximate surface area is 131 Å². The van der Waals surface area contributed by atoms with Crippen LogP contribution in [-0.4, -0.2) is 43.0 Å². The van der Waals surface area contributed by atoms with Crippen LogP contribution in [0.4, 0.5) is 0 Å². The van der Waals surface area contributed by atoms with E-state index in [0.29, 0.717) is 19.1 Å². The van der Waals surface area contributed by atoms with Crippen LogP contribution in [-0.2, 0) is 11.3 Å². The lowest BCUT2D eigenvalue weighted by Gasteiger charge is -2.32. The molecule has 0 aromatic carbocycles. The first kappa shape index (κ1) is 16.5. The first-order valence-electron chi connectivity index (χ1n) is 7.89. The number of hydrogen-bond acceptors (Lipinski definition) is 4. The lowest BCUT2D eigenvalue weighted by Crippen LogP contribution is -2.44. The average molecular weight is 309 g/mol. The molecule has 0 radical (unpaired) electrons. The monoisotopic (exact) mass is 309 g/mol. The average Bonchev–Trinajstić information content (AvgIpc) is 2.99. The molecule has 0 atom stereocenters. The quantitative estimate of drug-likeness (QED) is 0.810. The Bertz CT molecular complexity index is 413. The molecule has 0 aliphatic carbocycles. The number of rotatable bonds is 7. The number of hydrogen-bond donors (Lipinski definition) is 2. The third-order valence-electron chi connectivity index (χ3n) is 4.07. The molecule has 0 spiro atoms. The summed E-state index contributed by atoms with van der Waals surface area (Å²) in [5.74, 6) is 0.852. The summed E-state index contributed by atoms with van der Waals surface area (Å²) in [6, 6.07) is 4.48. The standard InChI is InChI=1S/C16H27N3OS/c1-13(2)19(11-14-5-7-17-8-6-14)12-16(20)18-10-15-4-3-9-21-15/h3-4,9,13-14,17H,5-8,10-12H2,1-2H3,(H,18,20). The van der Waals surface area contributed by atoms with Gasteiger partial charge >= 0.3 is 0 Å². The fourth-order valence-corrected chi connectivity index (χ4v) is 3.34. The van der Waals surface area contributed by atoms with Crippen LogP contribution in [0.15, 0.2) is 17.5 Å². The van der Waals surface area contributed by atoms with Crippen LogP contribution in [0.1, 0.15) is 31.6 Å². The Balaban J connectivity index is 1.76. The molecule has 0 saturated carbocycles. The molecule has 2 heterocycles. The Morgan fingerprint density at radius 3 is 2.86 bits per heavy atom. The fourth-order valence-electron chi connectivity index (χ4n) is 2.69. The van der Waals surface area contributed by atoms with Crippen LogP contribution in [0.2, 0.25) is 0 Å². The van der Waals surface area contributed by atoms with Crippen molar-refractivity contribution in [2.75, 3.05) is 26.2 Å². The highest BCUT2D eigenvalue weighted by atomic mass is 32.1. The Morgan fingerprint density at radius 2 is 2.24 bits per heavy atom. The maximum absolute atomic E-state index is 12.1. The molecule has 1 fully saturated rings. The zero-order valence-electron chi connectivity index (χ0n) is 13.1. The van der Waals surface area contributed by atoms with Crippen LogP contribution < -0.4 is 10.6 Å². The molecule has 1 saturated heterocycles. The van der Waals surface area contributed by atoms with E-state index in [1.54, 1.807) is 11.3 Å². The predicted molar refractivity (Wildman–Crippen MR) is 88.5 cm³/mol. The van der Waals surface area contributed by atoms with Crippen molar-refractivity contribution < 1.29 is 4.79 Å². The zero-order chi connectivity index (χ0) is 15.1. The summed E-state index contributed by atoms with van der Waals surface area (Å²) in [5, 5.41) is 8.46. The predicted octanol–water partition coefficient (Wildman–Crippen LogP) is 2.07. The topological polar surface area (TPSA) is 44.4 Å². The van der Waals surface area contributed by atoms with E-state index in [-0.39, 0.29) is 5.91 Å². The van der Waals surface area contributed by atoms with Crippen LogP contribution >= 0.6 is 11.3 Å². The summed E-state index contributed by atoms with van der Waals surface area (Å²) in [7, 11) is 0. The molecular formula is C16H27N3OS. The highest BCUT2D eigenvalue weighted by Gasteiger charge is 2.20. The van der Waals surface area contributed by atoms with Crippen LogP contribution in [0.3, 0.4) is 0 Å². The molecule has 21 heavy (non-hydrogen) atoms. The molecule has 5 heteroatoms. The minimum absolute atomic E-state index is 0.131. The minimum Gasteiger partial charge on any atom is -0.350 e. The number of amides is 1. The molecule has 4 nitrogen and oxygen atoms in total. The zero-order valence-corrected chi connectivity index (χ0v) is 13.9. The van der Waals surface area contributed by atoms with Gasteiger partial charge < -0.3 is 10.6 Å². The van der Waals surface area contributed by atoms with Gasteiger partial charge in [-0.1, -0.05) is 6.07 Å². The molecule has 2 N–H and O–H groups in total. The minimum atomic E-state index is 0.131. The summed E-state index contributed by atoms with van der Waals surface area (Å²) in [6.45, 7) is 8.76. The van der Waals surface area contributed by atoms with E-state index in [1.165, 1.54) is 17.7 Å². The Hall–Kier alpha value is -0.910. The van der Waals surface area contributed by atoms with Gasteiger partial charge in [0.05, 0.1) is 13.1 Å². The van der Waals surface area contributed by atoms with E-state index in [1.807, 2.05) is 11.4 Å². The van der Waals surface area contributed by atoms with Crippen LogP contribution in [0.5, 0.6) is 0 Å². The van der Waals surface area contributed by atoms with Gasteiger partial charge in [-0.3, -0.25) is 9.69 Å². The van der Waals surface area contributed by atoms with Crippen molar-refractivity contribution in [3.05, 3.63) is 22.4 Å². The smallest absolute Gasteiger partial charge is 0.234 e. The number of piperidine rings is 1. The van der Waals surface area contributed by atoms with Gasteiger partial charge in [-0.05, 0) is 57.1 Å². The molecule has 2 rings (SSSR count). The summed E-state index contributed by atoms with van der Waals surface area (Å²) >= 11 is 1.68. The molecule has 1 aromatic heterocycles. The fraction of sp³-hybridized carbons (Fsp3) is 0.688. The van der Waals surface area contributed by atoms with Gasteiger partial charge in [-0.25, -0.2) is 0 Å². The highest BCUT2D eigenvalue weighted by Crippen LogP contribution is 2.15. The summed E-state index contributed by atoms with van der Waals surface area (Å²) in [4.78, 5) is 15.6. The molecule has 1 aromatic rings. The van der Waals surface area contributed by atoms with Crippen LogP contribution in [0, 0.1) is 5.92 Å². The SMILES string of the molecule is CC(C)N(CC(=O)NCc1cccs1)CC1CCNCC1. The first-order chi connectivity index (χ1) is 10.1. The highest BCUT2D eigenvalue weighted by molar-refractivity contribution is 7.09. The molecule has 118 valence electrons. The molecule has 1 aliphatic rings. The van der Waals surface area contributed by atoms with Gasteiger partial charge in [0.15, 0.2) is 0 Å². The van der Waals surface area contributed by atoms with Crippen molar-refractivity contribution in [3.63, 3.8) is 0 Å². The first-order valence-corrected chi connectivity index (χ1v) is 8.77. The summed E-state index contributed by atoms with van der Waals surface area (Å²) < 4.78 is 0. The largest absolute Gasteiger partial charge is 0.350 e. The molecule has 1 amide bonds. The number of nitrogens with zero attached hydrogens (tertiary/aromatic N) is 1. The van der Waals surface area contributed by atoms with E-state index in [4.69, 9.17) is 0 Å². The molecular weight excluding hydrogens is 282 g/mol. The van der Waals surface area contributed by atoms with Gasteiger partial charge in [0.1, 0.15) is 0 Å². The molecule has 1 aliphatic heterocycles. The van der Waals surface area contributed by atoms with Gasteiger partial charge in [0.25, 0.3) is 0 Å².